The van der Waals surface area contributed by atoms with Crippen LogP contribution in [0.25, 0.3) is 0 Å². The smallest absolute Gasteiger partial charge is 0.237 e. The molecule has 1 fully saturated rings. The summed E-state index contributed by atoms with van der Waals surface area (Å²) in [6, 6.07) is 9.30. The monoisotopic (exact) mass is 262 g/mol. The minimum Gasteiger partial charge on any atom is -0.376 e. The van der Waals surface area contributed by atoms with Crippen LogP contribution in [0.1, 0.15) is 25.8 Å². The highest BCUT2D eigenvalue weighted by atomic mass is 16.5. The van der Waals surface area contributed by atoms with E-state index in [-0.39, 0.29) is 17.6 Å². The Bertz CT molecular complexity index is 435. The first kappa shape index (κ1) is 14.0. The molecule has 2 unspecified atom stereocenters. The van der Waals surface area contributed by atoms with Crippen molar-refractivity contribution in [2.24, 2.45) is 5.73 Å². The van der Waals surface area contributed by atoms with Crippen molar-refractivity contribution in [3.8, 4) is 0 Å². The van der Waals surface area contributed by atoms with E-state index in [9.17, 15) is 4.79 Å². The van der Waals surface area contributed by atoms with Crippen LogP contribution in [0, 0.1) is 0 Å². The molecule has 2 rings (SSSR count). The van der Waals surface area contributed by atoms with E-state index < -0.39 is 6.04 Å². The van der Waals surface area contributed by atoms with Gasteiger partial charge in [0.05, 0.1) is 17.7 Å². The summed E-state index contributed by atoms with van der Waals surface area (Å²) >= 11 is 0. The molecule has 19 heavy (non-hydrogen) atoms. The van der Waals surface area contributed by atoms with Crippen LogP contribution in [0.15, 0.2) is 30.3 Å². The van der Waals surface area contributed by atoms with Gasteiger partial charge in [-0.2, -0.15) is 0 Å². The maximum Gasteiger partial charge on any atom is 0.237 e. The van der Waals surface area contributed by atoms with E-state index in [0.717, 1.165) is 12.0 Å². The SMILES string of the molecule is CC1OCCC1(C)NC(=O)[C@H](N)Cc1ccccc1. The van der Waals surface area contributed by atoms with Gasteiger partial charge in [0, 0.05) is 6.61 Å². The molecule has 4 nitrogen and oxygen atoms in total. The molecule has 4 heteroatoms. The van der Waals surface area contributed by atoms with E-state index in [0.29, 0.717) is 13.0 Å². The molecule has 1 saturated heterocycles. The van der Waals surface area contributed by atoms with Crippen LogP contribution < -0.4 is 11.1 Å². The Balaban J connectivity index is 1.93. The second-order valence-corrected chi connectivity index (χ2v) is 5.47. The minimum absolute atomic E-state index is 0.0281. The third-order valence-corrected chi connectivity index (χ3v) is 3.93. The maximum absolute atomic E-state index is 12.2. The Morgan fingerprint density at radius 3 is 2.79 bits per heavy atom. The lowest BCUT2D eigenvalue weighted by Crippen LogP contribution is -2.55. The van der Waals surface area contributed by atoms with Gasteiger partial charge in [-0.05, 0) is 32.3 Å². The number of nitrogens with two attached hydrogens (primary N) is 1. The van der Waals surface area contributed by atoms with Crippen molar-refractivity contribution in [3.05, 3.63) is 35.9 Å². The Hall–Kier alpha value is -1.39. The van der Waals surface area contributed by atoms with Gasteiger partial charge in [-0.1, -0.05) is 30.3 Å². The molecule has 1 aromatic carbocycles. The first-order chi connectivity index (χ1) is 9.01. The molecule has 1 amide bonds. The van der Waals surface area contributed by atoms with E-state index >= 15 is 0 Å². The summed E-state index contributed by atoms with van der Waals surface area (Å²) in [7, 11) is 0. The van der Waals surface area contributed by atoms with Gasteiger partial charge >= 0.3 is 0 Å². The predicted octanol–water partition coefficient (Wildman–Crippen LogP) is 1.24. The highest BCUT2D eigenvalue weighted by Crippen LogP contribution is 2.25. The van der Waals surface area contributed by atoms with Crippen molar-refractivity contribution >= 4 is 5.91 Å². The van der Waals surface area contributed by atoms with Crippen LogP contribution in [0.2, 0.25) is 0 Å². The molecule has 0 aliphatic carbocycles. The fourth-order valence-corrected chi connectivity index (χ4v) is 2.33. The van der Waals surface area contributed by atoms with Crippen molar-refractivity contribution in [1.82, 2.24) is 5.32 Å². The number of carbonyl (C=O) groups excluding carboxylic acids is 1. The zero-order valence-corrected chi connectivity index (χ0v) is 11.6. The molecule has 1 heterocycles. The number of amides is 1. The fourth-order valence-electron chi connectivity index (χ4n) is 2.33. The van der Waals surface area contributed by atoms with Crippen LogP contribution >= 0.6 is 0 Å². The summed E-state index contributed by atoms with van der Waals surface area (Å²) in [5.74, 6) is -0.108. The average Bonchev–Trinajstić information content (AvgIpc) is 2.70. The van der Waals surface area contributed by atoms with Crippen molar-refractivity contribution in [3.63, 3.8) is 0 Å². The van der Waals surface area contributed by atoms with E-state index in [1.165, 1.54) is 0 Å². The molecule has 1 aliphatic rings. The van der Waals surface area contributed by atoms with Crippen LogP contribution in [0.5, 0.6) is 0 Å². The summed E-state index contributed by atoms with van der Waals surface area (Å²) in [6.45, 7) is 4.68. The van der Waals surface area contributed by atoms with E-state index in [2.05, 4.69) is 5.32 Å². The highest BCUT2D eigenvalue weighted by Gasteiger charge is 2.39. The molecule has 0 radical (unpaired) electrons. The van der Waals surface area contributed by atoms with Gasteiger partial charge in [0.1, 0.15) is 0 Å². The van der Waals surface area contributed by atoms with Gasteiger partial charge in [-0.15, -0.1) is 0 Å². The van der Waals surface area contributed by atoms with Gasteiger partial charge in [-0.25, -0.2) is 0 Å². The second-order valence-electron chi connectivity index (χ2n) is 5.47. The lowest BCUT2D eigenvalue weighted by Gasteiger charge is -2.30. The first-order valence-electron chi connectivity index (χ1n) is 6.74. The number of hydrogen-bond donors (Lipinski definition) is 2. The molecule has 0 aromatic heterocycles. The summed E-state index contributed by atoms with van der Waals surface area (Å²) in [5.41, 5.74) is 6.75. The number of ether oxygens (including phenoxy) is 1. The zero-order chi connectivity index (χ0) is 13.9. The Kier molecular flexibility index (Phi) is 4.22. The van der Waals surface area contributed by atoms with E-state index in [4.69, 9.17) is 10.5 Å². The normalized spacial score (nSPS) is 28.1. The molecule has 3 atom stereocenters. The van der Waals surface area contributed by atoms with E-state index in [1.807, 2.05) is 44.2 Å². The topological polar surface area (TPSA) is 64.3 Å². The Labute approximate surface area is 114 Å². The fraction of sp³-hybridized carbons (Fsp3) is 0.533. The molecule has 0 spiro atoms. The maximum atomic E-state index is 12.2. The molecule has 3 N–H and O–H groups in total. The van der Waals surface area contributed by atoms with Crippen LogP contribution in [0.4, 0.5) is 0 Å². The molecule has 1 aliphatic heterocycles. The number of hydrogen-bond acceptors (Lipinski definition) is 3. The van der Waals surface area contributed by atoms with E-state index in [1.54, 1.807) is 0 Å². The summed E-state index contributed by atoms with van der Waals surface area (Å²) in [4.78, 5) is 12.2. The van der Waals surface area contributed by atoms with Gasteiger partial charge in [0.2, 0.25) is 5.91 Å². The third kappa shape index (κ3) is 3.33. The van der Waals surface area contributed by atoms with Crippen molar-refractivity contribution in [2.45, 2.75) is 44.4 Å². The van der Waals surface area contributed by atoms with Crippen molar-refractivity contribution in [1.29, 1.82) is 0 Å². The summed E-state index contributed by atoms with van der Waals surface area (Å²) < 4.78 is 5.51. The lowest BCUT2D eigenvalue weighted by atomic mass is 9.93. The minimum atomic E-state index is -0.521. The molecule has 104 valence electrons. The summed E-state index contributed by atoms with van der Waals surface area (Å²) in [6.07, 6.45) is 1.41. The van der Waals surface area contributed by atoms with Crippen LogP contribution in [-0.4, -0.2) is 30.2 Å². The largest absolute Gasteiger partial charge is 0.376 e. The standard InChI is InChI=1S/C15H22N2O2/c1-11-15(2,8-9-19-11)17-14(18)13(16)10-12-6-4-3-5-7-12/h3-7,11,13H,8-10,16H2,1-2H3,(H,17,18)/t11?,13-,15?/m1/s1. The quantitative estimate of drug-likeness (QED) is 0.858. The summed E-state index contributed by atoms with van der Waals surface area (Å²) in [5, 5.41) is 3.04. The number of rotatable bonds is 4. The van der Waals surface area contributed by atoms with Gasteiger partial charge < -0.3 is 15.8 Å². The first-order valence-corrected chi connectivity index (χ1v) is 6.74. The number of nitrogens with one attached hydrogen (secondary N) is 1. The zero-order valence-electron chi connectivity index (χ0n) is 11.6. The highest BCUT2D eigenvalue weighted by molar-refractivity contribution is 5.82. The van der Waals surface area contributed by atoms with Crippen LogP contribution in [-0.2, 0) is 16.0 Å². The number of benzene rings is 1. The van der Waals surface area contributed by atoms with Gasteiger partial charge in [0.15, 0.2) is 0 Å². The average molecular weight is 262 g/mol. The van der Waals surface area contributed by atoms with Crippen molar-refractivity contribution < 1.29 is 9.53 Å². The Morgan fingerprint density at radius 2 is 2.21 bits per heavy atom. The number of carbonyl (C=O) groups is 1. The molecular formula is C15H22N2O2. The molecule has 0 saturated carbocycles. The second kappa shape index (κ2) is 5.72. The Morgan fingerprint density at radius 1 is 1.53 bits per heavy atom. The molecular weight excluding hydrogens is 240 g/mol. The van der Waals surface area contributed by atoms with Crippen LogP contribution in [0.3, 0.4) is 0 Å². The van der Waals surface area contributed by atoms with Gasteiger partial charge in [-0.3, -0.25) is 4.79 Å². The predicted molar refractivity (Wildman–Crippen MR) is 74.7 cm³/mol. The third-order valence-electron chi connectivity index (χ3n) is 3.93. The van der Waals surface area contributed by atoms with Gasteiger partial charge in [0.25, 0.3) is 0 Å². The lowest BCUT2D eigenvalue weighted by molar-refractivity contribution is -0.124. The molecule has 0 bridgehead atoms. The molecule has 1 aromatic rings. The van der Waals surface area contributed by atoms with Crippen molar-refractivity contribution in [2.75, 3.05) is 6.61 Å².